The van der Waals surface area contributed by atoms with Crippen LogP contribution in [0.25, 0.3) is 11.0 Å². The lowest BCUT2D eigenvalue weighted by Crippen LogP contribution is -2.18. The highest BCUT2D eigenvalue weighted by atomic mass is 16.2. The number of nitrogens with one attached hydrogen (secondary N) is 2. The van der Waals surface area contributed by atoms with Crippen LogP contribution in [0.1, 0.15) is 13.8 Å². The molecule has 17 heavy (non-hydrogen) atoms. The van der Waals surface area contributed by atoms with Gasteiger partial charge in [-0.2, -0.15) is 0 Å². The van der Waals surface area contributed by atoms with Crippen molar-refractivity contribution in [3.8, 4) is 0 Å². The lowest BCUT2D eigenvalue weighted by Gasteiger charge is -2.06. The van der Waals surface area contributed by atoms with Gasteiger partial charge in [-0.1, -0.05) is 13.8 Å². The van der Waals surface area contributed by atoms with E-state index in [4.69, 9.17) is 0 Å². The quantitative estimate of drug-likeness (QED) is 0.805. The van der Waals surface area contributed by atoms with Gasteiger partial charge in [-0.05, 0) is 12.1 Å². The predicted molar refractivity (Wildman–Crippen MR) is 63.6 cm³/mol. The molecule has 0 saturated carbocycles. The zero-order chi connectivity index (χ0) is 12.4. The van der Waals surface area contributed by atoms with E-state index in [2.05, 4.69) is 20.3 Å². The minimum atomic E-state index is -0.246. The summed E-state index contributed by atoms with van der Waals surface area (Å²) < 4.78 is 0. The van der Waals surface area contributed by atoms with Gasteiger partial charge in [-0.3, -0.25) is 9.59 Å². The number of carbonyl (C=O) groups excluding carboxylic acids is 1. The van der Waals surface area contributed by atoms with Crippen molar-refractivity contribution in [2.75, 3.05) is 5.32 Å². The number of nitrogens with zero attached hydrogens (tertiary/aromatic N) is 2. The maximum absolute atomic E-state index is 11.5. The lowest BCUT2D eigenvalue weighted by molar-refractivity contribution is -0.118. The number of amides is 1. The van der Waals surface area contributed by atoms with Crippen LogP contribution in [0.15, 0.2) is 23.3 Å². The normalized spacial score (nSPS) is 10.8. The molecule has 6 heteroatoms. The number of hydrogen-bond donors (Lipinski definition) is 2. The first-order valence-corrected chi connectivity index (χ1v) is 5.23. The van der Waals surface area contributed by atoms with Gasteiger partial charge < -0.3 is 10.3 Å². The molecule has 2 aromatic rings. The summed E-state index contributed by atoms with van der Waals surface area (Å²) >= 11 is 0. The highest BCUT2D eigenvalue weighted by molar-refractivity contribution is 5.92. The molecule has 0 bridgehead atoms. The van der Waals surface area contributed by atoms with E-state index in [1.54, 1.807) is 26.0 Å². The Morgan fingerprint density at radius 1 is 1.41 bits per heavy atom. The summed E-state index contributed by atoms with van der Waals surface area (Å²) in [6.45, 7) is 3.58. The number of hydrogen-bond acceptors (Lipinski definition) is 4. The molecule has 0 unspecified atom stereocenters. The van der Waals surface area contributed by atoms with E-state index in [0.29, 0.717) is 16.9 Å². The second-order valence-corrected chi connectivity index (χ2v) is 3.94. The average molecular weight is 232 g/mol. The zero-order valence-corrected chi connectivity index (χ0v) is 9.52. The fourth-order valence-electron chi connectivity index (χ4n) is 1.29. The van der Waals surface area contributed by atoms with Crippen molar-refractivity contribution < 1.29 is 4.79 Å². The van der Waals surface area contributed by atoms with Crippen LogP contribution < -0.4 is 10.9 Å². The van der Waals surface area contributed by atoms with Gasteiger partial charge in [0.25, 0.3) is 5.56 Å². The van der Waals surface area contributed by atoms with E-state index in [1.165, 1.54) is 6.33 Å². The summed E-state index contributed by atoms with van der Waals surface area (Å²) in [7, 11) is 0. The molecule has 0 saturated heterocycles. The van der Waals surface area contributed by atoms with Crippen LogP contribution in [0.3, 0.4) is 0 Å². The largest absolute Gasteiger partial charge is 0.313 e. The molecule has 6 nitrogen and oxygen atoms in total. The fourth-order valence-corrected chi connectivity index (χ4v) is 1.29. The smallest absolute Gasteiger partial charge is 0.260 e. The molecule has 2 heterocycles. The summed E-state index contributed by atoms with van der Waals surface area (Å²) in [6.07, 6.45) is 1.28. The summed E-state index contributed by atoms with van der Waals surface area (Å²) in [6, 6.07) is 3.17. The van der Waals surface area contributed by atoms with Crippen LogP contribution in [-0.2, 0) is 4.79 Å². The number of carbonyl (C=O) groups is 1. The van der Waals surface area contributed by atoms with Crippen LogP contribution in [0.4, 0.5) is 5.82 Å². The topological polar surface area (TPSA) is 87.7 Å². The number of H-pyrrole nitrogens is 1. The molecule has 2 N–H and O–H groups in total. The summed E-state index contributed by atoms with van der Waals surface area (Å²) in [4.78, 5) is 33.4. The van der Waals surface area contributed by atoms with E-state index in [0.717, 1.165) is 0 Å². The third kappa shape index (κ3) is 2.30. The van der Waals surface area contributed by atoms with Crippen molar-refractivity contribution in [2.24, 2.45) is 5.92 Å². The van der Waals surface area contributed by atoms with Gasteiger partial charge in [0.1, 0.15) is 5.82 Å². The molecule has 0 aliphatic carbocycles. The first kappa shape index (κ1) is 11.3. The Morgan fingerprint density at radius 3 is 2.88 bits per heavy atom. The van der Waals surface area contributed by atoms with Crippen LogP contribution in [0.5, 0.6) is 0 Å². The zero-order valence-electron chi connectivity index (χ0n) is 9.52. The third-order valence-corrected chi connectivity index (χ3v) is 2.28. The Hall–Kier alpha value is -2.24. The molecule has 2 rings (SSSR count). The van der Waals surface area contributed by atoms with Gasteiger partial charge in [0, 0.05) is 5.92 Å². The third-order valence-electron chi connectivity index (χ3n) is 2.28. The molecule has 0 atom stereocenters. The van der Waals surface area contributed by atoms with Crippen molar-refractivity contribution in [1.82, 2.24) is 15.0 Å². The second kappa shape index (κ2) is 4.32. The number of aromatic amines is 1. The Balaban J connectivity index is 2.39. The molecule has 2 aromatic heterocycles. The van der Waals surface area contributed by atoms with Crippen molar-refractivity contribution in [2.45, 2.75) is 13.8 Å². The van der Waals surface area contributed by atoms with Gasteiger partial charge in [0.15, 0.2) is 5.65 Å². The Kier molecular flexibility index (Phi) is 2.86. The van der Waals surface area contributed by atoms with Crippen molar-refractivity contribution in [3.05, 3.63) is 28.8 Å². The maximum atomic E-state index is 11.5. The first-order valence-electron chi connectivity index (χ1n) is 5.23. The molecule has 88 valence electrons. The van der Waals surface area contributed by atoms with Crippen LogP contribution in [0.2, 0.25) is 0 Å². The summed E-state index contributed by atoms with van der Waals surface area (Å²) in [5, 5.41) is 3.05. The fraction of sp³-hybridized carbons (Fsp3) is 0.273. The minimum absolute atomic E-state index is 0.123. The van der Waals surface area contributed by atoms with Crippen molar-refractivity contribution in [3.63, 3.8) is 0 Å². The van der Waals surface area contributed by atoms with Gasteiger partial charge >= 0.3 is 0 Å². The van der Waals surface area contributed by atoms with E-state index in [-0.39, 0.29) is 17.4 Å². The van der Waals surface area contributed by atoms with E-state index in [1.807, 2.05) is 0 Å². The Morgan fingerprint density at radius 2 is 2.18 bits per heavy atom. The molecule has 1 amide bonds. The first-order chi connectivity index (χ1) is 8.08. The number of anilines is 1. The molecule has 0 aliphatic rings. The molecule has 0 spiro atoms. The highest BCUT2D eigenvalue weighted by Gasteiger charge is 2.09. The molecular formula is C11H12N4O2. The van der Waals surface area contributed by atoms with E-state index in [9.17, 15) is 9.59 Å². The molecule has 0 aliphatic heterocycles. The second-order valence-electron chi connectivity index (χ2n) is 3.94. The Bertz CT molecular complexity index is 618. The number of rotatable bonds is 2. The maximum Gasteiger partial charge on any atom is 0.260 e. The monoisotopic (exact) mass is 232 g/mol. The van der Waals surface area contributed by atoms with Crippen molar-refractivity contribution >= 4 is 22.8 Å². The molecule has 0 fully saturated rings. The highest BCUT2D eigenvalue weighted by Crippen LogP contribution is 2.09. The molecule has 0 aromatic carbocycles. The van der Waals surface area contributed by atoms with Crippen molar-refractivity contribution in [1.29, 1.82) is 0 Å². The van der Waals surface area contributed by atoms with Gasteiger partial charge in [-0.25, -0.2) is 9.97 Å². The van der Waals surface area contributed by atoms with Crippen LogP contribution >= 0.6 is 0 Å². The number of fused-ring (bicyclic) bond motifs is 1. The van der Waals surface area contributed by atoms with Crippen LogP contribution in [-0.4, -0.2) is 20.9 Å². The van der Waals surface area contributed by atoms with Gasteiger partial charge in [-0.15, -0.1) is 0 Å². The Labute approximate surface area is 97.1 Å². The SMILES string of the molecule is CC(C)C(=O)Nc1ccc2c(=O)[nH]cnc2n1. The minimum Gasteiger partial charge on any atom is -0.313 e. The molecular weight excluding hydrogens is 220 g/mol. The predicted octanol–water partition coefficient (Wildman–Crippen LogP) is 0.913. The van der Waals surface area contributed by atoms with Gasteiger partial charge in [0.2, 0.25) is 5.91 Å². The number of aromatic nitrogens is 3. The molecule has 0 radical (unpaired) electrons. The van der Waals surface area contributed by atoms with Crippen LogP contribution in [0, 0.1) is 5.92 Å². The average Bonchev–Trinajstić information content (AvgIpc) is 2.29. The number of pyridine rings is 1. The van der Waals surface area contributed by atoms with E-state index < -0.39 is 0 Å². The lowest BCUT2D eigenvalue weighted by atomic mass is 10.2. The van der Waals surface area contributed by atoms with Gasteiger partial charge in [0.05, 0.1) is 11.7 Å². The summed E-state index contributed by atoms with van der Waals surface area (Å²) in [5.74, 6) is 0.149. The standard InChI is InChI=1S/C11H12N4O2/c1-6(2)10(16)15-8-4-3-7-9(14-8)12-5-13-11(7)17/h3-6H,1-2H3,(H2,12,13,14,15,16,17). The summed E-state index contributed by atoms with van der Waals surface area (Å²) in [5.41, 5.74) is 0.0690. The van der Waals surface area contributed by atoms with E-state index >= 15 is 0 Å².